The molecular weight excluding hydrogens is 164 g/mol. The van der Waals surface area contributed by atoms with Crippen LogP contribution in [-0.4, -0.2) is 18.0 Å². The average Bonchev–Trinajstić information content (AvgIpc) is 2.67. The highest BCUT2D eigenvalue weighted by Crippen LogP contribution is 2.40. The topological polar surface area (TPSA) is 18.5 Å². The Morgan fingerprint density at radius 2 is 1.85 bits per heavy atom. The molecule has 0 aromatic rings. The van der Waals surface area contributed by atoms with Crippen LogP contribution in [0.1, 0.15) is 33.6 Å². The molecule has 3 atom stereocenters. The smallest absolute Gasteiger partial charge is 0.169 e. The highest BCUT2D eigenvalue weighted by Gasteiger charge is 2.47. The molecule has 0 radical (unpaired) electrons. The molecule has 0 amide bonds. The molecule has 0 spiro atoms. The summed E-state index contributed by atoms with van der Waals surface area (Å²) in [6.45, 7) is 6.43. The van der Waals surface area contributed by atoms with Crippen LogP contribution in [0.15, 0.2) is 12.2 Å². The second-order valence-electron chi connectivity index (χ2n) is 4.03. The molecule has 1 aliphatic heterocycles. The lowest BCUT2D eigenvalue weighted by Gasteiger charge is -2.26. The van der Waals surface area contributed by atoms with E-state index < -0.39 is 0 Å². The van der Waals surface area contributed by atoms with Gasteiger partial charge in [-0.15, -0.1) is 0 Å². The first-order valence-corrected chi connectivity index (χ1v) is 5.24. The zero-order valence-corrected chi connectivity index (χ0v) is 8.62. The van der Waals surface area contributed by atoms with Crippen LogP contribution >= 0.6 is 0 Å². The lowest BCUT2D eigenvalue weighted by Crippen LogP contribution is -2.30. The largest absolute Gasteiger partial charge is 0.343 e. The van der Waals surface area contributed by atoms with Gasteiger partial charge in [-0.1, -0.05) is 32.9 Å². The molecule has 1 heterocycles. The molecule has 0 saturated carbocycles. The van der Waals surface area contributed by atoms with Crippen LogP contribution in [0, 0.1) is 5.92 Å². The van der Waals surface area contributed by atoms with Crippen molar-refractivity contribution in [2.24, 2.45) is 5.92 Å². The number of hydrogen-bond donors (Lipinski definition) is 0. The van der Waals surface area contributed by atoms with E-state index in [0.29, 0.717) is 5.92 Å². The van der Waals surface area contributed by atoms with E-state index in [2.05, 4.69) is 32.9 Å². The Bertz CT molecular complexity index is 218. The standard InChI is InChI=1S/C11H18O2/c1-4-11(5-2)12-9-7-6-8(3)10(9)13-11/h6-10H,4-5H2,1-3H3/t8?,9-,10+/m1/s1. The summed E-state index contributed by atoms with van der Waals surface area (Å²) in [6.07, 6.45) is 6.68. The Morgan fingerprint density at radius 1 is 1.15 bits per heavy atom. The number of ether oxygens (including phenoxy) is 2. The lowest BCUT2D eigenvalue weighted by molar-refractivity contribution is -0.179. The summed E-state index contributed by atoms with van der Waals surface area (Å²) in [6, 6.07) is 0. The van der Waals surface area contributed by atoms with Gasteiger partial charge >= 0.3 is 0 Å². The number of hydrogen-bond acceptors (Lipinski definition) is 2. The average molecular weight is 182 g/mol. The Labute approximate surface area is 79.9 Å². The molecule has 0 N–H and O–H groups in total. The van der Waals surface area contributed by atoms with Gasteiger partial charge in [0.25, 0.3) is 0 Å². The molecule has 1 saturated heterocycles. The maximum absolute atomic E-state index is 6.00. The van der Waals surface area contributed by atoms with Gasteiger partial charge in [-0.3, -0.25) is 0 Å². The highest BCUT2D eigenvalue weighted by atomic mass is 16.8. The van der Waals surface area contributed by atoms with Gasteiger partial charge in [0, 0.05) is 5.92 Å². The van der Waals surface area contributed by atoms with Crippen LogP contribution in [0.3, 0.4) is 0 Å². The fourth-order valence-corrected chi connectivity index (χ4v) is 2.19. The van der Waals surface area contributed by atoms with Crippen LogP contribution in [0.25, 0.3) is 0 Å². The monoisotopic (exact) mass is 182 g/mol. The number of rotatable bonds is 2. The fourth-order valence-electron chi connectivity index (χ4n) is 2.19. The normalized spacial score (nSPS) is 41.0. The van der Waals surface area contributed by atoms with Crippen LogP contribution in [0.5, 0.6) is 0 Å². The minimum atomic E-state index is -0.297. The quantitative estimate of drug-likeness (QED) is 0.611. The molecule has 13 heavy (non-hydrogen) atoms. The lowest BCUT2D eigenvalue weighted by atomic mass is 10.1. The molecular formula is C11H18O2. The van der Waals surface area contributed by atoms with Crippen molar-refractivity contribution in [3.8, 4) is 0 Å². The predicted octanol–water partition coefficient (Wildman–Crippen LogP) is 2.49. The summed E-state index contributed by atoms with van der Waals surface area (Å²) in [5.74, 6) is 0.207. The van der Waals surface area contributed by atoms with Gasteiger partial charge in [0.2, 0.25) is 0 Å². The molecule has 0 aromatic carbocycles. The number of fused-ring (bicyclic) bond motifs is 1. The third-order valence-electron chi connectivity index (χ3n) is 3.23. The van der Waals surface area contributed by atoms with Crippen LogP contribution < -0.4 is 0 Å². The van der Waals surface area contributed by atoms with Gasteiger partial charge < -0.3 is 9.47 Å². The van der Waals surface area contributed by atoms with Gasteiger partial charge in [-0.25, -0.2) is 0 Å². The van der Waals surface area contributed by atoms with Gasteiger partial charge in [0.1, 0.15) is 6.10 Å². The van der Waals surface area contributed by atoms with Crippen LogP contribution in [0.4, 0.5) is 0 Å². The van der Waals surface area contributed by atoms with Crippen molar-refractivity contribution in [1.29, 1.82) is 0 Å². The van der Waals surface area contributed by atoms with E-state index >= 15 is 0 Å². The summed E-state index contributed by atoms with van der Waals surface area (Å²) >= 11 is 0. The molecule has 0 aromatic heterocycles. The first kappa shape index (κ1) is 9.22. The summed E-state index contributed by atoms with van der Waals surface area (Å²) in [7, 11) is 0. The summed E-state index contributed by atoms with van der Waals surface area (Å²) in [5, 5.41) is 0. The first-order chi connectivity index (χ1) is 6.21. The van der Waals surface area contributed by atoms with E-state index in [1.54, 1.807) is 0 Å². The van der Waals surface area contributed by atoms with E-state index in [9.17, 15) is 0 Å². The minimum absolute atomic E-state index is 0.204. The van der Waals surface area contributed by atoms with Gasteiger partial charge in [0.15, 0.2) is 5.79 Å². The predicted molar refractivity (Wildman–Crippen MR) is 51.4 cm³/mol. The SMILES string of the molecule is CCC1(CC)O[C@@H]2C=CC(C)[C@@H]2O1. The van der Waals surface area contributed by atoms with Crippen molar-refractivity contribution in [2.75, 3.05) is 0 Å². The van der Waals surface area contributed by atoms with E-state index in [4.69, 9.17) is 9.47 Å². The van der Waals surface area contributed by atoms with Crippen molar-refractivity contribution in [2.45, 2.75) is 51.6 Å². The van der Waals surface area contributed by atoms with Gasteiger partial charge in [-0.2, -0.15) is 0 Å². The molecule has 1 aliphatic carbocycles. The Morgan fingerprint density at radius 3 is 2.38 bits per heavy atom. The zero-order chi connectivity index (χ0) is 9.47. The maximum Gasteiger partial charge on any atom is 0.169 e. The van der Waals surface area contributed by atoms with E-state index in [-0.39, 0.29) is 18.0 Å². The van der Waals surface area contributed by atoms with Crippen molar-refractivity contribution >= 4 is 0 Å². The molecule has 2 aliphatic rings. The molecule has 1 fully saturated rings. The Balaban J connectivity index is 2.12. The molecule has 74 valence electrons. The van der Waals surface area contributed by atoms with E-state index in [1.165, 1.54) is 0 Å². The second kappa shape index (κ2) is 3.10. The summed E-state index contributed by atoms with van der Waals surface area (Å²) < 4.78 is 11.9. The maximum atomic E-state index is 6.00. The Hall–Kier alpha value is -0.340. The third-order valence-corrected chi connectivity index (χ3v) is 3.23. The Kier molecular flexibility index (Phi) is 2.20. The summed E-state index contributed by atoms with van der Waals surface area (Å²) in [4.78, 5) is 0. The second-order valence-corrected chi connectivity index (χ2v) is 4.03. The minimum Gasteiger partial charge on any atom is -0.343 e. The van der Waals surface area contributed by atoms with E-state index in [1.807, 2.05) is 0 Å². The van der Waals surface area contributed by atoms with Gasteiger partial charge in [-0.05, 0) is 12.8 Å². The highest BCUT2D eigenvalue weighted by molar-refractivity contribution is 5.11. The fraction of sp³-hybridized carbons (Fsp3) is 0.818. The van der Waals surface area contributed by atoms with Crippen molar-refractivity contribution in [3.05, 3.63) is 12.2 Å². The molecule has 2 heteroatoms. The van der Waals surface area contributed by atoms with E-state index in [0.717, 1.165) is 12.8 Å². The van der Waals surface area contributed by atoms with Crippen molar-refractivity contribution in [1.82, 2.24) is 0 Å². The van der Waals surface area contributed by atoms with Crippen LogP contribution in [-0.2, 0) is 9.47 Å². The molecule has 0 bridgehead atoms. The van der Waals surface area contributed by atoms with Crippen molar-refractivity contribution in [3.63, 3.8) is 0 Å². The van der Waals surface area contributed by atoms with Crippen molar-refractivity contribution < 1.29 is 9.47 Å². The molecule has 2 nitrogen and oxygen atoms in total. The first-order valence-electron chi connectivity index (χ1n) is 5.24. The zero-order valence-electron chi connectivity index (χ0n) is 8.62. The molecule has 1 unspecified atom stereocenters. The summed E-state index contributed by atoms with van der Waals surface area (Å²) in [5.41, 5.74) is 0. The molecule has 2 rings (SSSR count). The van der Waals surface area contributed by atoms with Gasteiger partial charge in [0.05, 0.1) is 6.10 Å². The third kappa shape index (κ3) is 1.32. The van der Waals surface area contributed by atoms with Crippen LogP contribution in [0.2, 0.25) is 0 Å².